The molecule has 1 atom stereocenters. The van der Waals surface area contributed by atoms with Crippen molar-refractivity contribution < 1.29 is 4.74 Å². The zero-order chi connectivity index (χ0) is 15.1. The Labute approximate surface area is 128 Å². The van der Waals surface area contributed by atoms with Gasteiger partial charge in [-0.2, -0.15) is 0 Å². The molecule has 0 spiro atoms. The molecule has 21 heavy (non-hydrogen) atoms. The molecule has 0 aromatic heterocycles. The van der Waals surface area contributed by atoms with E-state index < -0.39 is 0 Å². The molecule has 1 aromatic rings. The lowest BCUT2D eigenvalue weighted by Gasteiger charge is -2.29. The lowest BCUT2D eigenvalue weighted by atomic mass is 10.1. The standard InChI is InChI=1S/C17H29N3O/c1-3-21-16-8-6-7-15(13-16)17(14-18)19(2)11-12-20-9-4-5-10-20/h6-8,13,17H,3-5,9-12,14,18H2,1-2H3. The van der Waals surface area contributed by atoms with Gasteiger partial charge in [0.2, 0.25) is 0 Å². The second-order valence-corrected chi connectivity index (χ2v) is 5.79. The average Bonchev–Trinajstić information content (AvgIpc) is 3.00. The van der Waals surface area contributed by atoms with E-state index in [-0.39, 0.29) is 6.04 Å². The smallest absolute Gasteiger partial charge is 0.119 e. The summed E-state index contributed by atoms with van der Waals surface area (Å²) in [7, 11) is 2.17. The molecule has 0 aliphatic carbocycles. The van der Waals surface area contributed by atoms with Crippen LogP contribution in [0.1, 0.15) is 31.4 Å². The molecular weight excluding hydrogens is 262 g/mol. The van der Waals surface area contributed by atoms with Crippen LogP contribution in [-0.4, -0.2) is 56.2 Å². The highest BCUT2D eigenvalue weighted by Crippen LogP contribution is 2.23. The molecule has 1 heterocycles. The van der Waals surface area contributed by atoms with Crippen LogP contribution in [0.5, 0.6) is 5.75 Å². The second-order valence-electron chi connectivity index (χ2n) is 5.79. The number of likely N-dealkylation sites (tertiary alicyclic amines) is 1. The van der Waals surface area contributed by atoms with Crippen molar-refractivity contribution in [2.24, 2.45) is 5.73 Å². The first kappa shape index (κ1) is 16.3. The van der Waals surface area contributed by atoms with E-state index in [0.717, 1.165) is 18.8 Å². The van der Waals surface area contributed by atoms with Crippen molar-refractivity contribution in [1.29, 1.82) is 0 Å². The molecule has 1 aliphatic heterocycles. The van der Waals surface area contributed by atoms with Gasteiger partial charge < -0.3 is 15.4 Å². The summed E-state index contributed by atoms with van der Waals surface area (Å²) in [5.74, 6) is 0.932. The van der Waals surface area contributed by atoms with Crippen LogP contribution in [-0.2, 0) is 0 Å². The van der Waals surface area contributed by atoms with Crippen LogP contribution >= 0.6 is 0 Å². The summed E-state index contributed by atoms with van der Waals surface area (Å²) >= 11 is 0. The molecule has 1 saturated heterocycles. The maximum Gasteiger partial charge on any atom is 0.119 e. The number of nitrogens with two attached hydrogens (primary N) is 1. The van der Waals surface area contributed by atoms with Gasteiger partial charge in [-0.1, -0.05) is 12.1 Å². The van der Waals surface area contributed by atoms with Crippen molar-refractivity contribution in [1.82, 2.24) is 9.80 Å². The molecular formula is C17H29N3O. The Morgan fingerprint density at radius 2 is 2.10 bits per heavy atom. The van der Waals surface area contributed by atoms with Crippen molar-refractivity contribution in [3.05, 3.63) is 29.8 Å². The average molecular weight is 291 g/mol. The molecule has 0 saturated carbocycles. The Bertz CT molecular complexity index is 418. The van der Waals surface area contributed by atoms with Crippen molar-refractivity contribution in [2.75, 3.05) is 46.4 Å². The van der Waals surface area contributed by atoms with Crippen LogP contribution in [0.25, 0.3) is 0 Å². The molecule has 1 unspecified atom stereocenters. The van der Waals surface area contributed by atoms with Crippen LogP contribution in [0.15, 0.2) is 24.3 Å². The van der Waals surface area contributed by atoms with E-state index in [1.807, 2.05) is 13.0 Å². The Morgan fingerprint density at radius 3 is 2.76 bits per heavy atom. The predicted octanol–water partition coefficient (Wildman–Crippen LogP) is 2.11. The lowest BCUT2D eigenvalue weighted by Crippen LogP contribution is -2.36. The number of ether oxygens (including phenoxy) is 1. The van der Waals surface area contributed by atoms with E-state index in [9.17, 15) is 0 Å². The first-order valence-corrected chi connectivity index (χ1v) is 8.10. The summed E-state index contributed by atoms with van der Waals surface area (Å²) in [6, 6.07) is 8.58. The quantitative estimate of drug-likeness (QED) is 0.796. The van der Waals surface area contributed by atoms with Crippen molar-refractivity contribution in [3.63, 3.8) is 0 Å². The Kier molecular flexibility index (Phi) is 6.49. The van der Waals surface area contributed by atoms with Crippen molar-refractivity contribution in [2.45, 2.75) is 25.8 Å². The highest BCUT2D eigenvalue weighted by Gasteiger charge is 2.18. The third-order valence-electron chi connectivity index (χ3n) is 4.28. The number of hydrogen-bond donors (Lipinski definition) is 1. The fraction of sp³-hybridized carbons (Fsp3) is 0.647. The van der Waals surface area contributed by atoms with Gasteiger partial charge in [0, 0.05) is 25.7 Å². The Morgan fingerprint density at radius 1 is 1.33 bits per heavy atom. The molecule has 0 radical (unpaired) electrons. The molecule has 118 valence electrons. The molecule has 1 fully saturated rings. The number of rotatable bonds is 8. The van der Waals surface area contributed by atoms with Gasteiger partial charge in [0.05, 0.1) is 6.61 Å². The van der Waals surface area contributed by atoms with Crippen LogP contribution in [0, 0.1) is 0 Å². The highest BCUT2D eigenvalue weighted by molar-refractivity contribution is 5.30. The highest BCUT2D eigenvalue weighted by atomic mass is 16.5. The number of benzene rings is 1. The summed E-state index contributed by atoms with van der Waals surface area (Å²) in [6.45, 7) is 8.03. The molecule has 2 N–H and O–H groups in total. The maximum atomic E-state index is 6.02. The largest absolute Gasteiger partial charge is 0.494 e. The topological polar surface area (TPSA) is 41.7 Å². The fourth-order valence-electron chi connectivity index (χ4n) is 3.01. The van der Waals surface area contributed by atoms with E-state index in [0.29, 0.717) is 13.2 Å². The molecule has 4 nitrogen and oxygen atoms in total. The minimum Gasteiger partial charge on any atom is -0.494 e. The van der Waals surface area contributed by atoms with Gasteiger partial charge in [0.15, 0.2) is 0 Å². The normalized spacial score (nSPS) is 17.3. The molecule has 0 amide bonds. The first-order valence-electron chi connectivity index (χ1n) is 8.10. The second kappa shape index (κ2) is 8.37. The third kappa shape index (κ3) is 4.70. The first-order chi connectivity index (χ1) is 10.2. The van der Waals surface area contributed by atoms with Gasteiger partial charge in [-0.25, -0.2) is 0 Å². The SMILES string of the molecule is CCOc1cccc(C(CN)N(C)CCN2CCCC2)c1. The Balaban J connectivity index is 1.95. The van der Waals surface area contributed by atoms with Gasteiger partial charge in [0.25, 0.3) is 0 Å². The maximum absolute atomic E-state index is 6.02. The van der Waals surface area contributed by atoms with Crippen molar-refractivity contribution in [3.8, 4) is 5.75 Å². The zero-order valence-electron chi connectivity index (χ0n) is 13.4. The van der Waals surface area contributed by atoms with E-state index in [2.05, 4.69) is 35.0 Å². The van der Waals surface area contributed by atoms with Gasteiger partial charge in [-0.15, -0.1) is 0 Å². The third-order valence-corrected chi connectivity index (χ3v) is 4.28. The zero-order valence-corrected chi connectivity index (χ0v) is 13.4. The molecule has 0 bridgehead atoms. The number of nitrogens with zero attached hydrogens (tertiary/aromatic N) is 2. The fourth-order valence-corrected chi connectivity index (χ4v) is 3.01. The van der Waals surface area contributed by atoms with Gasteiger partial charge in [-0.3, -0.25) is 4.90 Å². The summed E-state index contributed by atoms with van der Waals surface area (Å²) in [4.78, 5) is 4.91. The van der Waals surface area contributed by atoms with Crippen LogP contribution in [0.3, 0.4) is 0 Å². The van der Waals surface area contributed by atoms with E-state index in [4.69, 9.17) is 10.5 Å². The summed E-state index contributed by atoms with van der Waals surface area (Å²) < 4.78 is 5.59. The summed E-state index contributed by atoms with van der Waals surface area (Å²) in [6.07, 6.45) is 2.70. The predicted molar refractivity (Wildman–Crippen MR) is 87.7 cm³/mol. The monoisotopic (exact) mass is 291 g/mol. The minimum atomic E-state index is 0.257. The van der Waals surface area contributed by atoms with Gasteiger partial charge in [0.1, 0.15) is 5.75 Å². The van der Waals surface area contributed by atoms with E-state index in [1.165, 1.54) is 31.5 Å². The van der Waals surface area contributed by atoms with Crippen LogP contribution < -0.4 is 10.5 Å². The minimum absolute atomic E-state index is 0.257. The van der Waals surface area contributed by atoms with Gasteiger partial charge >= 0.3 is 0 Å². The summed E-state index contributed by atoms with van der Waals surface area (Å²) in [5.41, 5.74) is 7.26. The molecule has 2 rings (SSSR count). The molecule has 1 aromatic carbocycles. The van der Waals surface area contributed by atoms with E-state index in [1.54, 1.807) is 0 Å². The number of likely N-dealkylation sites (N-methyl/N-ethyl adjacent to an activating group) is 1. The van der Waals surface area contributed by atoms with Crippen LogP contribution in [0.4, 0.5) is 0 Å². The molecule has 4 heteroatoms. The van der Waals surface area contributed by atoms with Gasteiger partial charge in [-0.05, 0) is 57.6 Å². The Hall–Kier alpha value is -1.10. The van der Waals surface area contributed by atoms with Crippen molar-refractivity contribution >= 4 is 0 Å². The summed E-state index contributed by atoms with van der Waals surface area (Å²) in [5, 5.41) is 0. The molecule has 1 aliphatic rings. The lowest BCUT2D eigenvalue weighted by molar-refractivity contribution is 0.209. The van der Waals surface area contributed by atoms with Crippen LogP contribution in [0.2, 0.25) is 0 Å². The van der Waals surface area contributed by atoms with E-state index >= 15 is 0 Å². The number of hydrogen-bond acceptors (Lipinski definition) is 4.